The summed E-state index contributed by atoms with van der Waals surface area (Å²) >= 11 is 0. The number of benzene rings is 1. The van der Waals surface area contributed by atoms with Crippen LogP contribution in [0.15, 0.2) is 24.3 Å². The number of carboxylic acids is 1. The molecule has 0 aromatic heterocycles. The quantitative estimate of drug-likeness (QED) is 0.351. The van der Waals surface area contributed by atoms with E-state index in [1.54, 1.807) is 12.1 Å². The van der Waals surface area contributed by atoms with Gasteiger partial charge in [-0.3, -0.25) is 0 Å². The van der Waals surface area contributed by atoms with Gasteiger partial charge in [0.1, 0.15) is 0 Å². The van der Waals surface area contributed by atoms with Gasteiger partial charge in [0.05, 0.1) is 17.8 Å². The Labute approximate surface area is 236 Å². The third kappa shape index (κ3) is 4.09. The number of aliphatic hydroxyl groups excluding tert-OH is 2. The van der Waals surface area contributed by atoms with Crippen LogP contribution in [-0.4, -0.2) is 33.5 Å². The smallest absolute Gasteiger partial charge is 0.335 e. The van der Waals surface area contributed by atoms with Gasteiger partial charge in [-0.15, -0.1) is 0 Å². The van der Waals surface area contributed by atoms with E-state index in [0.717, 1.165) is 25.7 Å². The highest BCUT2D eigenvalue weighted by molar-refractivity contribution is 5.87. The van der Waals surface area contributed by atoms with Gasteiger partial charge in [-0.05, 0) is 139 Å². The van der Waals surface area contributed by atoms with Crippen LogP contribution in [0.25, 0.3) is 0 Å². The van der Waals surface area contributed by atoms with Crippen LogP contribution in [-0.2, 0) is 0 Å². The summed E-state index contributed by atoms with van der Waals surface area (Å²) in [6.07, 6.45) is 11.0. The summed E-state index contributed by atoms with van der Waals surface area (Å²) in [5, 5.41) is 31.8. The van der Waals surface area contributed by atoms with E-state index in [0.29, 0.717) is 52.9 Å². The molecule has 0 amide bonds. The minimum absolute atomic E-state index is 0.188. The van der Waals surface area contributed by atoms with Crippen LogP contribution in [0.2, 0.25) is 0 Å². The minimum atomic E-state index is -0.854. The average molecular weight is 537 g/mol. The third-order valence-electron chi connectivity index (χ3n) is 14.3. The number of fused-ring (bicyclic) bond motifs is 5. The van der Waals surface area contributed by atoms with Gasteiger partial charge in [0.15, 0.2) is 0 Å². The lowest BCUT2D eigenvalue weighted by Crippen LogP contribution is -2.62. The summed E-state index contributed by atoms with van der Waals surface area (Å²) in [6.45, 7) is 12.5. The van der Waals surface area contributed by atoms with Gasteiger partial charge in [0, 0.05) is 0 Å². The molecule has 5 fully saturated rings. The summed E-state index contributed by atoms with van der Waals surface area (Å²) in [6, 6.07) is 7.58. The Morgan fingerprint density at radius 3 is 2.31 bits per heavy atom. The van der Waals surface area contributed by atoms with Crippen LogP contribution in [0.4, 0.5) is 0 Å². The monoisotopic (exact) mass is 536 g/mol. The number of aliphatic hydroxyl groups is 2. The van der Waals surface area contributed by atoms with Crippen LogP contribution < -0.4 is 0 Å². The molecule has 0 saturated heterocycles. The minimum Gasteiger partial charge on any atom is -0.478 e. The molecule has 5 saturated carbocycles. The van der Waals surface area contributed by atoms with Crippen molar-refractivity contribution in [2.45, 2.75) is 117 Å². The Kier molecular flexibility index (Phi) is 6.82. The standard InChI is InChI=1S/C35H52O4/c1-6-25-29-19-24(36)11-14-33(29,3)27-12-16-35(5)28(30(27)31(25)37)13-15-34(35,4)20(2)17-23-18-26(23)21-7-9-22(10-8-21)32(38)39/h7-10,20,23-31,36-37H,6,11-19H2,1-5H3,(H,38,39)/t20-,23?,24-,25-,26?,27?,28?,29+,30?,31-,33-,34?,35+/m1/s1. The van der Waals surface area contributed by atoms with Gasteiger partial charge in [0.2, 0.25) is 0 Å². The number of hydrogen-bond donors (Lipinski definition) is 3. The lowest BCUT2D eigenvalue weighted by atomic mass is 9.40. The van der Waals surface area contributed by atoms with Crippen molar-refractivity contribution in [2.24, 2.45) is 57.7 Å². The van der Waals surface area contributed by atoms with Crippen LogP contribution in [0.1, 0.15) is 121 Å². The zero-order chi connectivity index (χ0) is 27.9. The molecule has 1 aromatic rings. The predicted molar refractivity (Wildman–Crippen MR) is 154 cm³/mol. The van der Waals surface area contributed by atoms with Gasteiger partial charge in [-0.25, -0.2) is 4.79 Å². The fraction of sp³-hybridized carbons (Fsp3) is 0.800. The molecule has 5 aliphatic rings. The molecule has 39 heavy (non-hydrogen) atoms. The second kappa shape index (κ2) is 9.58. The van der Waals surface area contributed by atoms with E-state index in [-0.39, 0.29) is 28.5 Å². The van der Waals surface area contributed by atoms with Crippen molar-refractivity contribution in [1.29, 1.82) is 0 Å². The summed E-state index contributed by atoms with van der Waals surface area (Å²) in [4.78, 5) is 11.3. The van der Waals surface area contributed by atoms with Crippen molar-refractivity contribution in [1.82, 2.24) is 0 Å². The molecule has 0 spiro atoms. The van der Waals surface area contributed by atoms with Crippen molar-refractivity contribution < 1.29 is 20.1 Å². The first kappa shape index (κ1) is 27.8. The second-order valence-corrected chi connectivity index (χ2v) is 15.5. The van der Waals surface area contributed by atoms with Gasteiger partial charge < -0.3 is 15.3 Å². The predicted octanol–water partition coefficient (Wildman–Crippen LogP) is 7.53. The molecule has 4 nitrogen and oxygen atoms in total. The molecule has 4 heteroatoms. The van der Waals surface area contributed by atoms with E-state index in [2.05, 4.69) is 34.6 Å². The zero-order valence-electron chi connectivity index (χ0n) is 24.9. The Morgan fingerprint density at radius 1 is 0.949 bits per heavy atom. The largest absolute Gasteiger partial charge is 0.478 e. The molecule has 0 bridgehead atoms. The van der Waals surface area contributed by atoms with Crippen molar-refractivity contribution in [2.75, 3.05) is 0 Å². The molecule has 13 atom stereocenters. The molecule has 1 aromatic carbocycles. The maximum absolute atomic E-state index is 12.0. The van der Waals surface area contributed by atoms with E-state index in [4.69, 9.17) is 0 Å². The lowest BCUT2D eigenvalue weighted by molar-refractivity contribution is -0.209. The van der Waals surface area contributed by atoms with Gasteiger partial charge in [-0.2, -0.15) is 0 Å². The highest BCUT2D eigenvalue weighted by Gasteiger charge is 2.67. The molecular formula is C35H52O4. The number of carbonyl (C=O) groups is 1. The molecule has 216 valence electrons. The summed E-state index contributed by atoms with van der Waals surface area (Å²) < 4.78 is 0. The number of aromatic carboxylic acids is 1. The molecule has 5 aliphatic carbocycles. The first-order valence-corrected chi connectivity index (χ1v) is 16.1. The summed E-state index contributed by atoms with van der Waals surface area (Å²) in [5.74, 6) is 3.41. The SMILES string of the molecule is CC[C@H]1[C@@H](O)C2C3CCC(C)([C@H](C)CC4CC4c4ccc(C(=O)O)cc4)[C@@]3(C)CCC2[C@@]2(C)CC[C@@H](O)C[C@@H]12. The highest BCUT2D eigenvalue weighted by atomic mass is 16.4. The lowest BCUT2D eigenvalue weighted by Gasteiger charge is -2.65. The van der Waals surface area contributed by atoms with Crippen LogP contribution >= 0.6 is 0 Å². The van der Waals surface area contributed by atoms with Gasteiger partial charge in [-0.1, -0.05) is 53.2 Å². The molecule has 6 rings (SSSR count). The molecular weight excluding hydrogens is 484 g/mol. The molecule has 0 aliphatic heterocycles. The Bertz CT molecular complexity index is 1080. The highest BCUT2D eigenvalue weighted by Crippen LogP contribution is 2.73. The van der Waals surface area contributed by atoms with Crippen molar-refractivity contribution in [3.05, 3.63) is 35.4 Å². The zero-order valence-corrected chi connectivity index (χ0v) is 24.9. The van der Waals surface area contributed by atoms with Crippen molar-refractivity contribution in [3.8, 4) is 0 Å². The third-order valence-corrected chi connectivity index (χ3v) is 14.3. The number of rotatable bonds is 6. The Hall–Kier alpha value is -1.39. The van der Waals surface area contributed by atoms with Crippen LogP contribution in [0, 0.1) is 57.7 Å². The van der Waals surface area contributed by atoms with Gasteiger partial charge in [0.25, 0.3) is 0 Å². The van der Waals surface area contributed by atoms with Crippen molar-refractivity contribution in [3.63, 3.8) is 0 Å². The fourth-order valence-electron chi connectivity index (χ4n) is 11.6. The maximum atomic E-state index is 12.0. The number of carboxylic acid groups (broad SMARTS) is 1. The van der Waals surface area contributed by atoms with Crippen LogP contribution in [0.3, 0.4) is 0 Å². The molecule has 3 N–H and O–H groups in total. The van der Waals surface area contributed by atoms with E-state index in [1.807, 2.05) is 12.1 Å². The maximum Gasteiger partial charge on any atom is 0.335 e. The Morgan fingerprint density at radius 2 is 1.64 bits per heavy atom. The first-order valence-electron chi connectivity index (χ1n) is 16.1. The normalized spacial score (nSPS) is 49.5. The average Bonchev–Trinajstić information content (AvgIpc) is 3.61. The van der Waals surface area contributed by atoms with E-state index in [1.165, 1.54) is 44.1 Å². The van der Waals surface area contributed by atoms with Crippen LogP contribution in [0.5, 0.6) is 0 Å². The Balaban J connectivity index is 1.20. The molecule has 0 heterocycles. The fourth-order valence-corrected chi connectivity index (χ4v) is 11.6. The summed E-state index contributed by atoms with van der Waals surface area (Å²) in [7, 11) is 0. The number of hydrogen-bond acceptors (Lipinski definition) is 3. The summed E-state index contributed by atoms with van der Waals surface area (Å²) in [5.41, 5.74) is 2.47. The first-order chi connectivity index (χ1) is 18.4. The van der Waals surface area contributed by atoms with E-state index in [9.17, 15) is 20.1 Å². The molecule has 6 unspecified atom stereocenters. The topological polar surface area (TPSA) is 77.8 Å². The van der Waals surface area contributed by atoms with E-state index >= 15 is 0 Å². The van der Waals surface area contributed by atoms with E-state index < -0.39 is 5.97 Å². The van der Waals surface area contributed by atoms with Crippen molar-refractivity contribution >= 4 is 5.97 Å². The molecule has 0 radical (unpaired) electrons. The van der Waals surface area contributed by atoms with Gasteiger partial charge >= 0.3 is 5.97 Å². The second-order valence-electron chi connectivity index (χ2n) is 15.5.